The van der Waals surface area contributed by atoms with Crippen molar-refractivity contribution < 1.29 is 14.3 Å². The lowest BCUT2D eigenvalue weighted by Crippen LogP contribution is -2.12. The standard InChI is InChI=1S/C23H22N2O3/c1-16-5-3-8-22(13-16)28-15-18-9-11-19(12-10-18)23(27)25-21-7-4-6-20(14-21)24-17(2)26/h3-14H,15H2,1-2H3,(H,24,26)(H,25,27). The van der Waals surface area contributed by atoms with E-state index in [4.69, 9.17) is 4.74 Å². The third-order valence-corrected chi connectivity index (χ3v) is 4.05. The predicted molar refractivity (Wildman–Crippen MR) is 111 cm³/mol. The van der Waals surface area contributed by atoms with Crippen molar-refractivity contribution in [3.05, 3.63) is 89.5 Å². The minimum Gasteiger partial charge on any atom is -0.489 e. The van der Waals surface area contributed by atoms with Crippen molar-refractivity contribution >= 4 is 23.2 Å². The smallest absolute Gasteiger partial charge is 0.255 e. The Bertz CT molecular complexity index is 981. The van der Waals surface area contributed by atoms with Crippen molar-refractivity contribution in [3.63, 3.8) is 0 Å². The third-order valence-electron chi connectivity index (χ3n) is 4.05. The summed E-state index contributed by atoms with van der Waals surface area (Å²) in [6, 6.07) is 22.2. The Morgan fingerprint density at radius 3 is 2.21 bits per heavy atom. The van der Waals surface area contributed by atoms with E-state index >= 15 is 0 Å². The fourth-order valence-corrected chi connectivity index (χ4v) is 2.71. The molecule has 142 valence electrons. The number of carbonyl (C=O) groups excluding carboxylic acids is 2. The first-order valence-corrected chi connectivity index (χ1v) is 8.97. The third kappa shape index (κ3) is 5.45. The van der Waals surface area contributed by atoms with Crippen LogP contribution in [0, 0.1) is 6.92 Å². The van der Waals surface area contributed by atoms with E-state index in [1.807, 2.05) is 43.3 Å². The Labute approximate surface area is 164 Å². The minimum absolute atomic E-state index is 0.160. The van der Waals surface area contributed by atoms with Gasteiger partial charge in [0.1, 0.15) is 12.4 Å². The molecule has 3 aromatic rings. The molecule has 0 saturated heterocycles. The maximum Gasteiger partial charge on any atom is 0.255 e. The van der Waals surface area contributed by atoms with E-state index in [0.717, 1.165) is 16.9 Å². The molecule has 0 unspecified atom stereocenters. The van der Waals surface area contributed by atoms with Gasteiger partial charge in [0, 0.05) is 23.9 Å². The molecule has 2 amide bonds. The van der Waals surface area contributed by atoms with Crippen molar-refractivity contribution in [2.24, 2.45) is 0 Å². The van der Waals surface area contributed by atoms with Gasteiger partial charge >= 0.3 is 0 Å². The number of aryl methyl sites for hydroxylation is 1. The van der Waals surface area contributed by atoms with E-state index in [2.05, 4.69) is 10.6 Å². The molecule has 2 N–H and O–H groups in total. The summed E-state index contributed by atoms with van der Waals surface area (Å²) in [5, 5.41) is 5.53. The Morgan fingerprint density at radius 2 is 1.54 bits per heavy atom. The highest BCUT2D eigenvalue weighted by Gasteiger charge is 2.07. The second-order valence-electron chi connectivity index (χ2n) is 6.52. The summed E-state index contributed by atoms with van der Waals surface area (Å²) < 4.78 is 5.78. The second kappa shape index (κ2) is 8.86. The van der Waals surface area contributed by atoms with E-state index in [1.54, 1.807) is 36.4 Å². The Balaban J connectivity index is 1.60. The first kappa shape index (κ1) is 19.2. The summed E-state index contributed by atoms with van der Waals surface area (Å²) in [4.78, 5) is 23.6. The van der Waals surface area contributed by atoms with Gasteiger partial charge in [-0.15, -0.1) is 0 Å². The van der Waals surface area contributed by atoms with E-state index in [-0.39, 0.29) is 11.8 Å². The zero-order valence-corrected chi connectivity index (χ0v) is 15.9. The van der Waals surface area contributed by atoms with Gasteiger partial charge in [-0.1, -0.05) is 30.3 Å². The summed E-state index contributed by atoms with van der Waals surface area (Å²) in [7, 11) is 0. The van der Waals surface area contributed by atoms with Crippen molar-refractivity contribution in [1.29, 1.82) is 0 Å². The van der Waals surface area contributed by atoms with E-state index < -0.39 is 0 Å². The van der Waals surface area contributed by atoms with Crippen LogP contribution >= 0.6 is 0 Å². The molecule has 28 heavy (non-hydrogen) atoms. The molecule has 0 atom stereocenters. The van der Waals surface area contributed by atoms with E-state index in [1.165, 1.54) is 6.92 Å². The van der Waals surface area contributed by atoms with Crippen LogP contribution in [-0.2, 0) is 11.4 Å². The molecule has 0 aliphatic carbocycles. The number of ether oxygens (including phenoxy) is 1. The van der Waals surface area contributed by atoms with Gasteiger partial charge in [-0.2, -0.15) is 0 Å². The van der Waals surface area contributed by atoms with Crippen molar-refractivity contribution in [2.45, 2.75) is 20.5 Å². The molecule has 5 nitrogen and oxygen atoms in total. The van der Waals surface area contributed by atoms with Crippen molar-refractivity contribution in [3.8, 4) is 5.75 Å². The lowest BCUT2D eigenvalue weighted by atomic mass is 10.1. The molecule has 0 bridgehead atoms. The average molecular weight is 374 g/mol. The normalized spacial score (nSPS) is 10.2. The summed E-state index contributed by atoms with van der Waals surface area (Å²) in [6.45, 7) is 3.89. The van der Waals surface area contributed by atoms with Gasteiger partial charge in [0.25, 0.3) is 5.91 Å². The summed E-state index contributed by atoms with van der Waals surface area (Å²) in [6.07, 6.45) is 0. The first-order chi connectivity index (χ1) is 13.5. The molecular formula is C23H22N2O3. The van der Waals surface area contributed by atoms with E-state index in [9.17, 15) is 9.59 Å². The van der Waals surface area contributed by atoms with Gasteiger partial charge in [0.15, 0.2) is 0 Å². The molecule has 0 aliphatic rings. The molecule has 3 rings (SSSR count). The number of rotatable bonds is 6. The molecule has 0 saturated carbocycles. The summed E-state index contributed by atoms with van der Waals surface area (Å²) in [5.74, 6) is 0.443. The van der Waals surface area contributed by atoms with Gasteiger partial charge in [-0.05, 0) is 60.5 Å². The van der Waals surface area contributed by atoms with Crippen molar-refractivity contribution in [2.75, 3.05) is 10.6 Å². The second-order valence-corrected chi connectivity index (χ2v) is 6.52. The minimum atomic E-state index is -0.217. The Morgan fingerprint density at radius 1 is 0.857 bits per heavy atom. The number of anilines is 2. The van der Waals surface area contributed by atoms with Crippen LogP contribution in [0.2, 0.25) is 0 Å². The molecule has 0 aliphatic heterocycles. The molecule has 0 fully saturated rings. The number of hydrogen-bond donors (Lipinski definition) is 2. The molecular weight excluding hydrogens is 352 g/mol. The van der Waals surface area contributed by atoms with Gasteiger partial charge in [-0.25, -0.2) is 0 Å². The highest BCUT2D eigenvalue weighted by atomic mass is 16.5. The lowest BCUT2D eigenvalue weighted by molar-refractivity contribution is -0.114. The maximum atomic E-state index is 12.4. The zero-order chi connectivity index (χ0) is 19.9. The number of hydrogen-bond acceptors (Lipinski definition) is 3. The van der Waals surface area contributed by atoms with E-state index in [0.29, 0.717) is 23.5 Å². The monoisotopic (exact) mass is 374 g/mol. The molecule has 0 radical (unpaired) electrons. The van der Waals surface area contributed by atoms with Gasteiger partial charge in [0.05, 0.1) is 0 Å². The van der Waals surface area contributed by atoms with Crippen LogP contribution in [0.4, 0.5) is 11.4 Å². The fourth-order valence-electron chi connectivity index (χ4n) is 2.71. The number of nitrogens with one attached hydrogen (secondary N) is 2. The number of benzene rings is 3. The van der Waals surface area contributed by atoms with Crippen LogP contribution in [-0.4, -0.2) is 11.8 Å². The number of amides is 2. The highest BCUT2D eigenvalue weighted by molar-refractivity contribution is 6.04. The Hall–Kier alpha value is -3.60. The van der Waals surface area contributed by atoms with Crippen molar-refractivity contribution in [1.82, 2.24) is 0 Å². The highest BCUT2D eigenvalue weighted by Crippen LogP contribution is 2.17. The molecule has 0 aromatic heterocycles. The van der Waals surface area contributed by atoms with Gasteiger partial charge < -0.3 is 15.4 Å². The van der Waals surface area contributed by atoms with Crippen LogP contribution in [0.1, 0.15) is 28.4 Å². The summed E-state index contributed by atoms with van der Waals surface area (Å²) in [5.41, 5.74) is 3.92. The molecule has 0 spiro atoms. The lowest BCUT2D eigenvalue weighted by Gasteiger charge is -2.09. The topological polar surface area (TPSA) is 67.4 Å². The first-order valence-electron chi connectivity index (χ1n) is 8.97. The summed E-state index contributed by atoms with van der Waals surface area (Å²) >= 11 is 0. The predicted octanol–water partition coefficient (Wildman–Crippen LogP) is 4.78. The van der Waals surface area contributed by atoms with Crippen LogP contribution in [0.25, 0.3) is 0 Å². The maximum absolute atomic E-state index is 12.4. The molecule has 3 aromatic carbocycles. The van der Waals surface area contributed by atoms with Crippen LogP contribution in [0.3, 0.4) is 0 Å². The fraction of sp³-hybridized carbons (Fsp3) is 0.130. The Kier molecular flexibility index (Phi) is 6.07. The van der Waals surface area contributed by atoms with Crippen LogP contribution in [0.5, 0.6) is 5.75 Å². The van der Waals surface area contributed by atoms with Crippen LogP contribution in [0.15, 0.2) is 72.8 Å². The largest absolute Gasteiger partial charge is 0.489 e. The molecule has 0 heterocycles. The quantitative estimate of drug-likeness (QED) is 0.652. The van der Waals surface area contributed by atoms with Gasteiger partial charge in [-0.3, -0.25) is 9.59 Å². The van der Waals surface area contributed by atoms with Gasteiger partial charge in [0.2, 0.25) is 5.91 Å². The molecule has 5 heteroatoms. The average Bonchev–Trinajstić information content (AvgIpc) is 2.66. The SMILES string of the molecule is CC(=O)Nc1cccc(NC(=O)c2ccc(COc3cccc(C)c3)cc2)c1. The zero-order valence-electron chi connectivity index (χ0n) is 15.9. The number of carbonyl (C=O) groups is 2. The van der Waals surface area contributed by atoms with Crippen LogP contribution < -0.4 is 15.4 Å².